The fraction of sp³-hybridized carbons (Fsp3) is 0.174. The van der Waals surface area contributed by atoms with Crippen molar-refractivity contribution in [3.63, 3.8) is 0 Å². The minimum atomic E-state index is -1.04. The van der Waals surface area contributed by atoms with E-state index in [0.717, 1.165) is 0 Å². The van der Waals surface area contributed by atoms with Gasteiger partial charge in [-0.05, 0) is 37.1 Å². The lowest BCUT2D eigenvalue weighted by Gasteiger charge is -2.39. The van der Waals surface area contributed by atoms with Crippen LogP contribution in [0.25, 0.3) is 0 Å². The second kappa shape index (κ2) is 8.25. The van der Waals surface area contributed by atoms with Gasteiger partial charge < -0.3 is 5.73 Å². The minimum absolute atomic E-state index is 0.0282. The molecule has 2 aromatic rings. The number of carbonyl (C=O) groups excluding carboxylic acids is 2. The number of amides is 1. The summed E-state index contributed by atoms with van der Waals surface area (Å²) in [6.45, 7) is 0. The van der Waals surface area contributed by atoms with Gasteiger partial charge in [-0.2, -0.15) is 5.26 Å². The van der Waals surface area contributed by atoms with Crippen molar-refractivity contribution in [2.75, 3.05) is 0 Å². The van der Waals surface area contributed by atoms with Gasteiger partial charge in [0.05, 0.1) is 17.6 Å². The minimum Gasteiger partial charge on any atom is -0.383 e. The zero-order chi connectivity index (χ0) is 22.1. The molecule has 1 heterocycles. The second-order valence-electron chi connectivity index (χ2n) is 7.26. The van der Waals surface area contributed by atoms with Crippen molar-refractivity contribution in [3.8, 4) is 6.07 Å². The first-order valence-electron chi connectivity index (χ1n) is 9.70. The van der Waals surface area contributed by atoms with E-state index in [4.69, 9.17) is 17.3 Å². The van der Waals surface area contributed by atoms with Crippen LogP contribution in [0.5, 0.6) is 0 Å². The van der Waals surface area contributed by atoms with Gasteiger partial charge in [0.15, 0.2) is 5.78 Å². The Labute approximate surface area is 183 Å². The van der Waals surface area contributed by atoms with E-state index in [2.05, 4.69) is 5.43 Å². The van der Waals surface area contributed by atoms with Crippen LogP contribution in [0.4, 0.5) is 4.39 Å². The molecule has 0 saturated heterocycles. The number of hydrogen-bond donors (Lipinski definition) is 2. The molecule has 0 radical (unpaired) electrons. The summed E-state index contributed by atoms with van der Waals surface area (Å²) >= 11 is 6.28. The fourth-order valence-corrected chi connectivity index (χ4v) is 4.32. The number of ketones is 1. The molecule has 0 aromatic heterocycles. The molecule has 1 aliphatic heterocycles. The van der Waals surface area contributed by atoms with Crippen LogP contribution in [0.3, 0.4) is 0 Å². The van der Waals surface area contributed by atoms with Crippen LogP contribution in [0, 0.1) is 17.1 Å². The third-order valence-electron chi connectivity index (χ3n) is 5.45. The SMILES string of the molecule is N#CC1=C(N)N(NC(=O)c2ccccc2)C2=C(C(=O)CCC2)C1c1c(F)cccc1Cl. The lowest BCUT2D eigenvalue weighted by Crippen LogP contribution is -2.48. The Morgan fingerprint density at radius 3 is 2.61 bits per heavy atom. The third kappa shape index (κ3) is 3.56. The van der Waals surface area contributed by atoms with Crippen LogP contribution in [0.15, 0.2) is 71.2 Å². The number of nitrogens with two attached hydrogens (primary N) is 1. The Hall–Kier alpha value is -3.63. The number of benzene rings is 2. The molecule has 0 spiro atoms. The second-order valence-corrected chi connectivity index (χ2v) is 7.67. The number of hydrazine groups is 1. The van der Waals surface area contributed by atoms with Crippen molar-refractivity contribution >= 4 is 23.3 Å². The molecule has 0 saturated carbocycles. The summed E-state index contributed by atoms with van der Waals surface area (Å²) in [5, 5.41) is 11.3. The van der Waals surface area contributed by atoms with Gasteiger partial charge in [0.1, 0.15) is 11.6 Å². The molecule has 3 N–H and O–H groups in total. The zero-order valence-electron chi connectivity index (χ0n) is 16.4. The summed E-state index contributed by atoms with van der Waals surface area (Å²) in [5.41, 5.74) is 10.0. The van der Waals surface area contributed by atoms with Crippen LogP contribution in [0.2, 0.25) is 5.02 Å². The van der Waals surface area contributed by atoms with Crippen molar-refractivity contribution in [2.24, 2.45) is 5.73 Å². The summed E-state index contributed by atoms with van der Waals surface area (Å²) in [7, 11) is 0. The van der Waals surface area contributed by atoms with E-state index in [1.54, 1.807) is 30.3 Å². The molecule has 6 nitrogen and oxygen atoms in total. The normalized spacial score (nSPS) is 18.5. The van der Waals surface area contributed by atoms with Gasteiger partial charge in [-0.25, -0.2) is 9.40 Å². The van der Waals surface area contributed by atoms with Crippen molar-refractivity contribution in [3.05, 3.63) is 93.2 Å². The Balaban J connectivity index is 1.87. The molecule has 0 bridgehead atoms. The highest BCUT2D eigenvalue weighted by Crippen LogP contribution is 2.46. The molecule has 2 aromatic carbocycles. The number of nitrogens with one attached hydrogen (secondary N) is 1. The van der Waals surface area contributed by atoms with Gasteiger partial charge in [0.25, 0.3) is 5.91 Å². The van der Waals surface area contributed by atoms with Crippen molar-refractivity contribution in [1.29, 1.82) is 5.26 Å². The molecular formula is C23H18ClFN4O2. The molecule has 1 unspecified atom stereocenters. The van der Waals surface area contributed by atoms with Gasteiger partial charge in [-0.1, -0.05) is 35.9 Å². The molecule has 0 fully saturated rings. The standard InChI is InChI=1S/C23H18ClFN4O2/c24-15-8-4-9-16(25)20(15)19-14(12-26)22(27)29(17-10-5-11-18(30)21(17)19)28-23(31)13-6-2-1-3-7-13/h1-4,6-9,19H,5,10-11,27H2,(H,28,31). The molecule has 156 valence electrons. The van der Waals surface area contributed by atoms with E-state index in [1.165, 1.54) is 23.2 Å². The number of allylic oxidation sites excluding steroid dienone is 3. The molecule has 2 aliphatic rings. The Kier molecular flexibility index (Phi) is 5.49. The first kappa shape index (κ1) is 20.6. The Morgan fingerprint density at radius 2 is 1.94 bits per heavy atom. The number of Topliss-reactive ketones (excluding diaryl/α,β-unsaturated/α-hetero) is 1. The topological polar surface area (TPSA) is 99.2 Å². The van der Waals surface area contributed by atoms with Crippen molar-refractivity contribution < 1.29 is 14.0 Å². The van der Waals surface area contributed by atoms with Gasteiger partial charge in [-0.15, -0.1) is 0 Å². The van der Waals surface area contributed by atoms with Gasteiger partial charge in [0.2, 0.25) is 0 Å². The quantitative estimate of drug-likeness (QED) is 0.759. The Bertz CT molecular complexity index is 1160. The van der Waals surface area contributed by atoms with Crippen LogP contribution in [-0.2, 0) is 4.79 Å². The van der Waals surface area contributed by atoms with Crippen LogP contribution >= 0.6 is 11.6 Å². The van der Waals surface area contributed by atoms with E-state index in [0.29, 0.717) is 24.1 Å². The summed E-state index contributed by atoms with van der Waals surface area (Å²) in [4.78, 5) is 25.7. The molecule has 1 amide bonds. The third-order valence-corrected chi connectivity index (χ3v) is 5.78. The van der Waals surface area contributed by atoms with Gasteiger partial charge in [0, 0.05) is 33.8 Å². The van der Waals surface area contributed by atoms with Gasteiger partial charge in [-0.3, -0.25) is 15.0 Å². The summed E-state index contributed by atoms with van der Waals surface area (Å²) in [6.07, 6.45) is 1.22. The maximum absolute atomic E-state index is 14.8. The van der Waals surface area contributed by atoms with E-state index in [9.17, 15) is 19.2 Å². The number of halogens is 2. The fourth-order valence-electron chi connectivity index (χ4n) is 4.04. The lowest BCUT2D eigenvalue weighted by molar-refractivity contribution is -0.116. The van der Waals surface area contributed by atoms with Crippen LogP contribution < -0.4 is 11.2 Å². The molecular weight excluding hydrogens is 419 g/mol. The van der Waals surface area contributed by atoms with Crippen LogP contribution in [-0.4, -0.2) is 16.7 Å². The van der Waals surface area contributed by atoms with Crippen molar-refractivity contribution in [2.45, 2.75) is 25.2 Å². The monoisotopic (exact) mass is 436 g/mol. The summed E-state index contributed by atoms with van der Waals surface area (Å²) in [5.74, 6) is -2.42. The molecule has 1 aliphatic carbocycles. The number of hydrogen-bond acceptors (Lipinski definition) is 5. The molecule has 31 heavy (non-hydrogen) atoms. The van der Waals surface area contributed by atoms with Crippen molar-refractivity contribution in [1.82, 2.24) is 10.4 Å². The smallest absolute Gasteiger partial charge is 0.270 e. The lowest BCUT2D eigenvalue weighted by atomic mass is 9.76. The number of nitriles is 1. The first-order valence-corrected chi connectivity index (χ1v) is 10.1. The number of rotatable bonds is 3. The maximum atomic E-state index is 14.8. The average Bonchev–Trinajstić information content (AvgIpc) is 2.76. The molecule has 8 heteroatoms. The Morgan fingerprint density at radius 1 is 1.19 bits per heavy atom. The largest absolute Gasteiger partial charge is 0.383 e. The highest BCUT2D eigenvalue weighted by atomic mass is 35.5. The highest BCUT2D eigenvalue weighted by molar-refractivity contribution is 6.31. The van der Waals surface area contributed by atoms with E-state index < -0.39 is 17.6 Å². The average molecular weight is 437 g/mol. The first-order chi connectivity index (χ1) is 14.9. The predicted molar refractivity (Wildman–Crippen MR) is 113 cm³/mol. The molecule has 4 rings (SSSR count). The zero-order valence-corrected chi connectivity index (χ0v) is 17.1. The van der Waals surface area contributed by atoms with Crippen LogP contribution in [0.1, 0.15) is 41.1 Å². The predicted octanol–water partition coefficient (Wildman–Crippen LogP) is 3.92. The van der Waals surface area contributed by atoms with E-state index in [-0.39, 0.29) is 39.8 Å². The highest BCUT2D eigenvalue weighted by Gasteiger charge is 2.42. The van der Waals surface area contributed by atoms with E-state index in [1.807, 2.05) is 6.07 Å². The molecule has 1 atom stereocenters. The van der Waals surface area contributed by atoms with Gasteiger partial charge >= 0.3 is 0 Å². The summed E-state index contributed by atoms with van der Waals surface area (Å²) in [6, 6.07) is 14.7. The number of nitrogens with zero attached hydrogens (tertiary/aromatic N) is 2. The van der Waals surface area contributed by atoms with E-state index >= 15 is 0 Å². The number of carbonyl (C=O) groups is 2. The summed E-state index contributed by atoms with van der Waals surface area (Å²) < 4.78 is 14.8. The maximum Gasteiger partial charge on any atom is 0.270 e.